The van der Waals surface area contributed by atoms with Gasteiger partial charge < -0.3 is 14.2 Å². The molecule has 4 aliphatic heterocycles. The minimum Gasteiger partial charge on any atom is -0.340 e. The van der Waals surface area contributed by atoms with Crippen molar-refractivity contribution in [1.29, 1.82) is 0 Å². The first-order valence-corrected chi connectivity index (χ1v) is 8.34. The van der Waals surface area contributed by atoms with Crippen LogP contribution in [0.3, 0.4) is 0 Å². The van der Waals surface area contributed by atoms with E-state index in [0.717, 1.165) is 25.7 Å². The van der Waals surface area contributed by atoms with Crippen LogP contribution < -0.4 is 0 Å². The second-order valence-electron chi connectivity index (χ2n) is 7.26. The van der Waals surface area contributed by atoms with E-state index >= 15 is 0 Å². The number of rotatable bonds is 2. The quantitative estimate of drug-likeness (QED) is 0.579. The maximum absolute atomic E-state index is 6.19. The average molecular weight is 308 g/mol. The van der Waals surface area contributed by atoms with Gasteiger partial charge >= 0.3 is 0 Å². The molecule has 5 aliphatic rings. The number of terminal acetylenes is 1. The lowest BCUT2D eigenvalue weighted by atomic mass is 9.61. The van der Waals surface area contributed by atoms with Gasteiger partial charge in [0.05, 0.1) is 0 Å². The first-order chi connectivity index (χ1) is 10.6. The molecular weight excluding hydrogens is 284 g/mol. The summed E-state index contributed by atoms with van der Waals surface area (Å²) in [7, 11) is 0. The van der Waals surface area contributed by atoms with Gasteiger partial charge in [0.2, 0.25) is 5.79 Å². The lowest BCUT2D eigenvalue weighted by Crippen LogP contribution is -2.69. The highest BCUT2D eigenvalue weighted by atomic mass is 17.3. The van der Waals surface area contributed by atoms with Gasteiger partial charge in [-0.15, -0.1) is 6.42 Å². The number of hydrogen-bond donors (Lipinski definition) is 0. The van der Waals surface area contributed by atoms with Gasteiger partial charge in [-0.2, -0.15) is 0 Å². The van der Waals surface area contributed by atoms with E-state index in [0.29, 0.717) is 11.8 Å². The van der Waals surface area contributed by atoms with E-state index in [9.17, 15) is 0 Å². The maximum Gasteiger partial charge on any atom is 0.201 e. The fourth-order valence-corrected chi connectivity index (χ4v) is 4.84. The monoisotopic (exact) mass is 308 g/mol. The second kappa shape index (κ2) is 5.19. The summed E-state index contributed by atoms with van der Waals surface area (Å²) in [6.07, 6.45) is 9.84. The summed E-state index contributed by atoms with van der Waals surface area (Å²) in [5.41, 5.74) is -0.496. The molecule has 0 unspecified atom stereocenters. The van der Waals surface area contributed by atoms with Gasteiger partial charge in [0, 0.05) is 18.3 Å². The average Bonchev–Trinajstić information content (AvgIpc) is 2.74. The van der Waals surface area contributed by atoms with E-state index in [2.05, 4.69) is 12.8 Å². The Kier molecular flexibility index (Phi) is 3.52. The molecule has 1 aliphatic carbocycles. The standard InChI is InChI=1S/C17H24O5/c1-4-10-18-14-11(2)13-7-5-6-12-8-9-16(3)20-15(19-14)17(12,13)22-21-16/h1,11-15H,5-10H2,2-3H3/t11-,12-,13+,14-,15-,16+,17-/m1/s1. The summed E-state index contributed by atoms with van der Waals surface area (Å²) in [5, 5.41) is 0. The molecular formula is C17H24O5. The highest BCUT2D eigenvalue weighted by molar-refractivity contribution is 5.07. The van der Waals surface area contributed by atoms with E-state index < -0.39 is 17.7 Å². The predicted molar refractivity (Wildman–Crippen MR) is 77.1 cm³/mol. The minimum atomic E-state index is -0.727. The Labute approximate surface area is 131 Å². The molecule has 5 fully saturated rings. The van der Waals surface area contributed by atoms with E-state index in [1.807, 2.05) is 6.92 Å². The summed E-state index contributed by atoms with van der Waals surface area (Å²) in [5.74, 6) is 2.70. The highest BCUT2D eigenvalue weighted by Crippen LogP contribution is 2.59. The van der Waals surface area contributed by atoms with E-state index in [1.54, 1.807) is 0 Å². The second-order valence-corrected chi connectivity index (χ2v) is 7.26. The molecule has 1 saturated carbocycles. The Morgan fingerprint density at radius 1 is 1.27 bits per heavy atom. The topological polar surface area (TPSA) is 46.2 Å². The zero-order chi connectivity index (χ0) is 15.4. The number of ether oxygens (including phenoxy) is 3. The van der Waals surface area contributed by atoms with Gasteiger partial charge in [-0.3, -0.25) is 0 Å². The van der Waals surface area contributed by atoms with Crippen molar-refractivity contribution < 1.29 is 24.0 Å². The molecule has 4 heterocycles. The molecule has 5 rings (SSSR count). The Hall–Kier alpha value is -0.640. The molecule has 0 aromatic rings. The van der Waals surface area contributed by atoms with Crippen LogP contribution >= 0.6 is 0 Å². The van der Waals surface area contributed by atoms with Crippen LogP contribution in [0.2, 0.25) is 0 Å². The fourth-order valence-electron chi connectivity index (χ4n) is 4.84. The smallest absolute Gasteiger partial charge is 0.201 e. The summed E-state index contributed by atoms with van der Waals surface area (Å²) in [6.45, 7) is 4.33. The van der Waals surface area contributed by atoms with Crippen molar-refractivity contribution in [2.45, 2.75) is 69.9 Å². The van der Waals surface area contributed by atoms with Crippen LogP contribution in [0.25, 0.3) is 0 Å². The fraction of sp³-hybridized carbons (Fsp3) is 0.882. The van der Waals surface area contributed by atoms with Gasteiger partial charge in [0.1, 0.15) is 6.61 Å². The van der Waals surface area contributed by atoms with Crippen LogP contribution in [-0.4, -0.2) is 30.6 Å². The van der Waals surface area contributed by atoms with Crippen molar-refractivity contribution in [3.05, 3.63) is 0 Å². The van der Waals surface area contributed by atoms with Crippen molar-refractivity contribution in [2.24, 2.45) is 17.8 Å². The number of fused-ring (bicyclic) bond motifs is 2. The lowest BCUT2D eigenvalue weighted by molar-refractivity contribution is -0.576. The summed E-state index contributed by atoms with van der Waals surface area (Å²) in [4.78, 5) is 11.7. The Balaban J connectivity index is 1.70. The molecule has 4 saturated heterocycles. The van der Waals surface area contributed by atoms with Crippen LogP contribution in [0, 0.1) is 30.1 Å². The Bertz CT molecular complexity index is 488. The van der Waals surface area contributed by atoms with Crippen LogP contribution in [0.5, 0.6) is 0 Å². The van der Waals surface area contributed by atoms with Crippen LogP contribution in [0.4, 0.5) is 0 Å². The summed E-state index contributed by atoms with van der Waals surface area (Å²) >= 11 is 0. The highest BCUT2D eigenvalue weighted by Gasteiger charge is 2.68. The van der Waals surface area contributed by atoms with E-state index in [1.165, 1.54) is 6.42 Å². The first kappa shape index (κ1) is 14.9. The molecule has 22 heavy (non-hydrogen) atoms. The third kappa shape index (κ3) is 1.98. The molecule has 0 N–H and O–H groups in total. The molecule has 0 radical (unpaired) electrons. The third-order valence-corrected chi connectivity index (χ3v) is 5.97. The predicted octanol–water partition coefficient (Wildman–Crippen LogP) is 2.60. The van der Waals surface area contributed by atoms with Gasteiger partial charge in [-0.05, 0) is 32.1 Å². The summed E-state index contributed by atoms with van der Waals surface area (Å²) in [6, 6.07) is 0. The largest absolute Gasteiger partial charge is 0.340 e. The van der Waals surface area contributed by atoms with E-state index in [4.69, 9.17) is 30.4 Å². The minimum absolute atomic E-state index is 0.196. The lowest BCUT2D eigenvalue weighted by Gasteiger charge is -2.58. The Morgan fingerprint density at radius 2 is 2.14 bits per heavy atom. The molecule has 7 atom stereocenters. The van der Waals surface area contributed by atoms with Crippen molar-refractivity contribution >= 4 is 0 Å². The molecule has 0 aromatic carbocycles. The molecule has 5 heteroatoms. The molecule has 0 aromatic heterocycles. The zero-order valence-electron chi connectivity index (χ0n) is 13.2. The maximum atomic E-state index is 6.19. The third-order valence-electron chi connectivity index (χ3n) is 5.97. The van der Waals surface area contributed by atoms with Crippen molar-refractivity contribution in [3.8, 4) is 12.3 Å². The van der Waals surface area contributed by atoms with Crippen LogP contribution in [-0.2, 0) is 24.0 Å². The first-order valence-electron chi connectivity index (χ1n) is 8.34. The SMILES string of the molecule is C#CCO[C@@H]1O[C@@H]2O[C@]3(C)CC[C@H]4CCC[C@@H]([C@H]1C)[C@]42OO3. The van der Waals surface area contributed by atoms with Gasteiger partial charge in [0.15, 0.2) is 18.2 Å². The normalized spacial score (nSPS) is 53.4. The van der Waals surface area contributed by atoms with Crippen molar-refractivity contribution in [2.75, 3.05) is 6.61 Å². The van der Waals surface area contributed by atoms with Crippen molar-refractivity contribution in [3.63, 3.8) is 0 Å². The van der Waals surface area contributed by atoms with E-state index in [-0.39, 0.29) is 18.8 Å². The molecule has 0 amide bonds. The van der Waals surface area contributed by atoms with Crippen LogP contribution in [0.15, 0.2) is 0 Å². The zero-order valence-corrected chi connectivity index (χ0v) is 13.2. The molecule has 1 spiro atoms. The Morgan fingerprint density at radius 3 is 2.95 bits per heavy atom. The molecule has 2 bridgehead atoms. The molecule has 122 valence electrons. The summed E-state index contributed by atoms with van der Waals surface area (Å²) < 4.78 is 18.1. The van der Waals surface area contributed by atoms with Crippen LogP contribution in [0.1, 0.15) is 46.0 Å². The number of hydrogen-bond acceptors (Lipinski definition) is 5. The van der Waals surface area contributed by atoms with Gasteiger partial charge in [0.25, 0.3) is 0 Å². The molecule has 5 nitrogen and oxygen atoms in total. The van der Waals surface area contributed by atoms with Gasteiger partial charge in [-0.25, -0.2) is 9.78 Å². The van der Waals surface area contributed by atoms with Crippen molar-refractivity contribution in [1.82, 2.24) is 0 Å². The van der Waals surface area contributed by atoms with Gasteiger partial charge in [-0.1, -0.05) is 19.3 Å².